The third kappa shape index (κ3) is 2.83. The highest BCUT2D eigenvalue weighted by molar-refractivity contribution is 7.91. The second kappa shape index (κ2) is 5.43. The van der Waals surface area contributed by atoms with E-state index in [1.807, 2.05) is 17.7 Å². The average Bonchev–Trinajstić information content (AvgIpc) is 3.02. The zero-order valence-electron chi connectivity index (χ0n) is 11.9. The summed E-state index contributed by atoms with van der Waals surface area (Å²) in [6.45, 7) is 2.56. The Morgan fingerprint density at radius 2 is 2.33 bits per heavy atom. The van der Waals surface area contributed by atoms with E-state index >= 15 is 0 Å². The minimum absolute atomic E-state index is 0.122. The lowest BCUT2D eigenvalue weighted by atomic mass is 10.1. The topological polar surface area (TPSA) is 73.2 Å². The van der Waals surface area contributed by atoms with Gasteiger partial charge in [-0.2, -0.15) is 0 Å². The predicted molar refractivity (Wildman–Crippen MR) is 80.3 cm³/mol. The summed E-state index contributed by atoms with van der Waals surface area (Å²) in [6.07, 6.45) is 3.49. The van der Waals surface area contributed by atoms with Gasteiger partial charge in [-0.3, -0.25) is 0 Å². The van der Waals surface area contributed by atoms with E-state index in [0.717, 1.165) is 35.7 Å². The first kappa shape index (κ1) is 14.6. The Bertz CT molecular complexity index is 749. The fraction of sp³-hybridized carbons (Fsp3) is 0.462. The monoisotopic (exact) mass is 327 g/mol. The van der Waals surface area contributed by atoms with Gasteiger partial charge in [-0.25, -0.2) is 18.1 Å². The van der Waals surface area contributed by atoms with Gasteiger partial charge in [0.25, 0.3) is 10.0 Å². The smallest absolute Gasteiger partial charge is 0.254 e. The number of methoxy groups -OCH3 is 1. The second-order valence-electron chi connectivity index (χ2n) is 5.08. The first-order valence-electron chi connectivity index (χ1n) is 6.66. The maximum absolute atomic E-state index is 12.5. The molecule has 21 heavy (non-hydrogen) atoms. The summed E-state index contributed by atoms with van der Waals surface area (Å²) >= 11 is 1.16. The molecule has 2 aromatic heterocycles. The van der Waals surface area contributed by atoms with Crippen molar-refractivity contribution in [3.63, 3.8) is 0 Å². The molecule has 0 fully saturated rings. The summed E-state index contributed by atoms with van der Waals surface area (Å²) in [5, 5.41) is 1.71. The third-order valence-electron chi connectivity index (χ3n) is 3.49. The van der Waals surface area contributed by atoms with Gasteiger partial charge in [0.1, 0.15) is 11.6 Å². The molecule has 6 nitrogen and oxygen atoms in total. The van der Waals surface area contributed by atoms with E-state index in [1.165, 1.54) is 7.11 Å². The van der Waals surface area contributed by atoms with Crippen molar-refractivity contribution in [1.29, 1.82) is 0 Å². The number of aryl methyl sites for hydroxylation is 2. The Morgan fingerprint density at radius 3 is 3.10 bits per heavy atom. The van der Waals surface area contributed by atoms with Crippen molar-refractivity contribution >= 4 is 21.4 Å². The van der Waals surface area contributed by atoms with Gasteiger partial charge in [-0.1, -0.05) is 0 Å². The van der Waals surface area contributed by atoms with Crippen LogP contribution in [0.25, 0.3) is 0 Å². The number of nitrogens with zero attached hydrogens (tertiary/aromatic N) is 2. The molecule has 0 saturated carbocycles. The van der Waals surface area contributed by atoms with Gasteiger partial charge in [0.2, 0.25) is 0 Å². The number of aromatic nitrogens is 2. The Morgan fingerprint density at radius 1 is 1.52 bits per heavy atom. The fourth-order valence-corrected chi connectivity index (χ4v) is 5.14. The number of sulfonamides is 1. The van der Waals surface area contributed by atoms with Crippen LogP contribution in [-0.4, -0.2) is 31.1 Å². The quantitative estimate of drug-likeness (QED) is 0.925. The van der Waals surface area contributed by atoms with Crippen LogP contribution in [0.5, 0.6) is 5.75 Å². The van der Waals surface area contributed by atoms with E-state index in [9.17, 15) is 8.42 Å². The number of imidazole rings is 1. The summed E-state index contributed by atoms with van der Waals surface area (Å²) in [5.74, 6) is 1.42. The number of rotatable bonds is 4. The van der Waals surface area contributed by atoms with Crippen molar-refractivity contribution in [2.24, 2.45) is 0 Å². The van der Waals surface area contributed by atoms with Gasteiger partial charge in [0.15, 0.2) is 4.21 Å². The van der Waals surface area contributed by atoms with Crippen LogP contribution in [0.1, 0.15) is 17.9 Å². The van der Waals surface area contributed by atoms with Crippen LogP contribution in [0.3, 0.4) is 0 Å². The van der Waals surface area contributed by atoms with E-state index in [4.69, 9.17) is 4.74 Å². The van der Waals surface area contributed by atoms with Crippen LogP contribution in [0.15, 0.2) is 21.9 Å². The summed E-state index contributed by atoms with van der Waals surface area (Å²) in [6, 6.07) is 1.54. The molecule has 0 unspecified atom stereocenters. The fourth-order valence-electron chi connectivity index (χ4n) is 2.59. The zero-order chi connectivity index (χ0) is 15.0. The lowest BCUT2D eigenvalue weighted by Gasteiger charge is -2.24. The molecule has 0 amide bonds. The highest BCUT2D eigenvalue weighted by atomic mass is 32.2. The van der Waals surface area contributed by atoms with Crippen molar-refractivity contribution in [1.82, 2.24) is 14.3 Å². The molecule has 0 aromatic carbocycles. The van der Waals surface area contributed by atoms with Gasteiger partial charge in [-0.15, -0.1) is 11.3 Å². The number of hydrogen-bond acceptors (Lipinski definition) is 5. The van der Waals surface area contributed by atoms with Crippen LogP contribution >= 0.6 is 11.3 Å². The van der Waals surface area contributed by atoms with Gasteiger partial charge in [-0.05, 0) is 24.8 Å². The molecular weight excluding hydrogens is 310 g/mol. The lowest BCUT2D eigenvalue weighted by molar-refractivity contribution is 0.402. The maximum atomic E-state index is 12.5. The standard InChI is InChI=1S/C13H17N3O3S2/c1-9-7-16-8-10(3-4-12(16)14-9)15-21(17,18)13-11(19-2)5-6-20-13/h5-7,10,15H,3-4,8H2,1-2H3/t10-/m0/s1. The summed E-state index contributed by atoms with van der Waals surface area (Å²) in [7, 11) is -2.07. The first-order chi connectivity index (χ1) is 9.99. The van der Waals surface area contributed by atoms with Crippen LogP contribution in [0.2, 0.25) is 0 Å². The number of thiophene rings is 1. The molecule has 1 aliphatic heterocycles. The predicted octanol–water partition coefficient (Wildman–Crippen LogP) is 1.55. The molecule has 0 bridgehead atoms. The summed E-state index contributed by atoms with van der Waals surface area (Å²) < 4.78 is 35.0. The number of hydrogen-bond donors (Lipinski definition) is 1. The minimum Gasteiger partial charge on any atom is -0.494 e. The van der Waals surface area contributed by atoms with E-state index < -0.39 is 10.0 Å². The molecule has 0 saturated heterocycles. The Labute approximate surface area is 127 Å². The first-order valence-corrected chi connectivity index (χ1v) is 9.02. The van der Waals surface area contributed by atoms with Crippen molar-refractivity contribution in [3.05, 3.63) is 29.2 Å². The molecule has 2 aromatic rings. The highest BCUT2D eigenvalue weighted by Crippen LogP contribution is 2.30. The van der Waals surface area contributed by atoms with E-state index in [-0.39, 0.29) is 10.3 Å². The Hall–Kier alpha value is -1.38. The largest absolute Gasteiger partial charge is 0.494 e. The van der Waals surface area contributed by atoms with Crippen LogP contribution < -0.4 is 9.46 Å². The van der Waals surface area contributed by atoms with Crippen LogP contribution in [-0.2, 0) is 23.0 Å². The Kier molecular flexibility index (Phi) is 3.76. The molecule has 0 aliphatic carbocycles. The zero-order valence-corrected chi connectivity index (χ0v) is 13.5. The van der Waals surface area contributed by atoms with Gasteiger partial charge >= 0.3 is 0 Å². The third-order valence-corrected chi connectivity index (χ3v) is 6.46. The van der Waals surface area contributed by atoms with Crippen molar-refractivity contribution in [2.75, 3.05) is 7.11 Å². The molecule has 3 heterocycles. The minimum atomic E-state index is -3.55. The average molecular weight is 327 g/mol. The summed E-state index contributed by atoms with van der Waals surface area (Å²) in [4.78, 5) is 4.43. The van der Waals surface area contributed by atoms with Crippen LogP contribution in [0, 0.1) is 6.92 Å². The molecule has 1 aliphatic rings. The molecular formula is C13H17N3O3S2. The lowest BCUT2D eigenvalue weighted by Crippen LogP contribution is -2.40. The van der Waals surface area contributed by atoms with E-state index in [2.05, 4.69) is 9.71 Å². The molecule has 0 radical (unpaired) electrons. The van der Waals surface area contributed by atoms with Crippen molar-refractivity contribution in [3.8, 4) is 5.75 Å². The number of fused-ring (bicyclic) bond motifs is 1. The number of ether oxygens (including phenoxy) is 1. The van der Waals surface area contributed by atoms with Crippen molar-refractivity contribution < 1.29 is 13.2 Å². The maximum Gasteiger partial charge on any atom is 0.254 e. The molecule has 8 heteroatoms. The van der Waals surface area contributed by atoms with E-state index in [0.29, 0.717) is 12.3 Å². The van der Waals surface area contributed by atoms with Crippen LogP contribution in [0.4, 0.5) is 0 Å². The van der Waals surface area contributed by atoms with Gasteiger partial charge in [0, 0.05) is 25.2 Å². The normalized spacial score (nSPS) is 18.5. The Balaban J connectivity index is 1.78. The summed E-state index contributed by atoms with van der Waals surface area (Å²) in [5.41, 5.74) is 0.966. The molecule has 1 atom stereocenters. The SMILES string of the molecule is COc1ccsc1S(=O)(=O)N[C@H]1CCc2nc(C)cn2C1. The van der Waals surface area contributed by atoms with Gasteiger partial charge in [0.05, 0.1) is 12.8 Å². The van der Waals surface area contributed by atoms with Crippen molar-refractivity contribution in [2.45, 2.75) is 36.6 Å². The molecule has 1 N–H and O–H groups in total. The molecule has 3 rings (SSSR count). The highest BCUT2D eigenvalue weighted by Gasteiger charge is 2.27. The second-order valence-corrected chi connectivity index (χ2v) is 7.91. The molecule has 114 valence electrons. The van der Waals surface area contributed by atoms with Gasteiger partial charge < -0.3 is 9.30 Å². The van der Waals surface area contributed by atoms with E-state index in [1.54, 1.807) is 11.4 Å². The molecule has 0 spiro atoms. The number of nitrogens with one attached hydrogen (secondary N) is 1.